The summed E-state index contributed by atoms with van der Waals surface area (Å²) in [6, 6.07) is 3.10. The second-order valence-electron chi connectivity index (χ2n) is 3.55. The van der Waals surface area contributed by atoms with Gasteiger partial charge < -0.3 is 9.47 Å². The van der Waals surface area contributed by atoms with Crippen molar-refractivity contribution in [3.05, 3.63) is 33.9 Å². The molecule has 0 saturated carbocycles. The third kappa shape index (κ3) is 4.41. The van der Waals surface area contributed by atoms with Gasteiger partial charge in [0.15, 0.2) is 0 Å². The fourth-order valence-corrected chi connectivity index (χ4v) is 1.49. The first kappa shape index (κ1) is 15.7. The Balaban J connectivity index is 3.15. The molecule has 0 N–H and O–H groups in total. The number of nitrogens with zero attached hydrogens (tertiary/aromatic N) is 1. The number of para-hydroxylation sites is 1. The zero-order valence-electron chi connectivity index (χ0n) is 10.3. The second kappa shape index (κ2) is 6.22. The summed E-state index contributed by atoms with van der Waals surface area (Å²) in [5, 5.41) is 10.9. The first-order valence-corrected chi connectivity index (χ1v) is 5.42. The first-order valence-electron chi connectivity index (χ1n) is 5.42. The van der Waals surface area contributed by atoms with Crippen LogP contribution in [0.25, 0.3) is 0 Å². The maximum atomic E-state index is 12.2. The fraction of sp³-hybridized carbons (Fsp3) is 0.364. The third-order valence-corrected chi connectivity index (χ3v) is 2.13. The molecule has 6 nitrogen and oxygen atoms in total. The van der Waals surface area contributed by atoms with Gasteiger partial charge in [0, 0.05) is 5.56 Å². The number of ether oxygens (including phenoxy) is 2. The molecule has 0 spiro atoms. The topological polar surface area (TPSA) is 78.7 Å². The molecule has 110 valence electrons. The molecule has 0 fully saturated rings. The molecule has 0 unspecified atom stereocenters. The zero-order valence-corrected chi connectivity index (χ0v) is 10.3. The van der Waals surface area contributed by atoms with Crippen LogP contribution in [0.15, 0.2) is 18.2 Å². The normalized spacial score (nSPS) is 11.0. The highest BCUT2D eigenvalue weighted by Crippen LogP contribution is 2.35. The minimum atomic E-state index is -5.06. The number of nitro benzene ring substituents is 1. The van der Waals surface area contributed by atoms with Gasteiger partial charge in [-0.05, 0) is 13.0 Å². The number of carbonyl (C=O) groups is 1. The van der Waals surface area contributed by atoms with Crippen LogP contribution in [0.4, 0.5) is 18.9 Å². The molecule has 0 atom stereocenters. The first-order chi connectivity index (χ1) is 9.24. The van der Waals surface area contributed by atoms with E-state index < -0.39 is 35.1 Å². The standard InChI is InChI=1S/C11H10F3NO5/c1-2-19-9(16)6-7-4-3-5-8(10(7)15(17)18)20-11(12,13)14/h3-5H,2,6H2,1H3. The van der Waals surface area contributed by atoms with Gasteiger partial charge in [-0.2, -0.15) is 0 Å². The Hall–Kier alpha value is -2.32. The lowest BCUT2D eigenvalue weighted by Gasteiger charge is -2.11. The molecule has 0 aliphatic carbocycles. The van der Waals surface area contributed by atoms with Crippen molar-refractivity contribution >= 4 is 11.7 Å². The molecule has 0 saturated heterocycles. The summed E-state index contributed by atoms with van der Waals surface area (Å²) in [4.78, 5) is 21.1. The number of carbonyl (C=O) groups excluding carboxylic acids is 1. The molecular formula is C11H10F3NO5. The molecule has 0 aliphatic heterocycles. The Morgan fingerprint density at radius 1 is 1.40 bits per heavy atom. The summed E-state index contributed by atoms with van der Waals surface area (Å²) in [7, 11) is 0. The van der Waals surface area contributed by atoms with Crippen LogP contribution in [0, 0.1) is 10.1 Å². The summed E-state index contributed by atoms with van der Waals surface area (Å²) >= 11 is 0. The SMILES string of the molecule is CCOC(=O)Cc1cccc(OC(F)(F)F)c1[N+](=O)[O-]. The number of benzene rings is 1. The van der Waals surface area contributed by atoms with Crippen molar-refractivity contribution in [1.29, 1.82) is 0 Å². The van der Waals surface area contributed by atoms with Crippen LogP contribution in [0.1, 0.15) is 12.5 Å². The summed E-state index contributed by atoms with van der Waals surface area (Å²) in [5.74, 6) is -1.75. The molecule has 0 radical (unpaired) electrons. The van der Waals surface area contributed by atoms with Crippen LogP contribution in [-0.4, -0.2) is 23.9 Å². The number of esters is 1. The lowest BCUT2D eigenvalue weighted by Crippen LogP contribution is -2.18. The predicted octanol–water partition coefficient (Wildman–Crippen LogP) is 2.60. The van der Waals surface area contributed by atoms with E-state index in [-0.39, 0.29) is 12.2 Å². The van der Waals surface area contributed by atoms with Crippen LogP contribution in [0.2, 0.25) is 0 Å². The van der Waals surface area contributed by atoms with Gasteiger partial charge in [-0.3, -0.25) is 14.9 Å². The van der Waals surface area contributed by atoms with E-state index in [2.05, 4.69) is 9.47 Å². The number of hydrogen-bond acceptors (Lipinski definition) is 5. The molecule has 0 aromatic heterocycles. The van der Waals surface area contributed by atoms with Crippen molar-refractivity contribution in [2.45, 2.75) is 19.7 Å². The summed E-state index contributed by atoms with van der Waals surface area (Å²) in [6.45, 7) is 1.60. The summed E-state index contributed by atoms with van der Waals surface area (Å²) in [6.07, 6.45) is -5.58. The number of nitro groups is 1. The van der Waals surface area contributed by atoms with Gasteiger partial charge in [0.25, 0.3) is 0 Å². The van der Waals surface area contributed by atoms with Crippen LogP contribution < -0.4 is 4.74 Å². The van der Waals surface area contributed by atoms with E-state index in [1.807, 2.05) is 0 Å². The van der Waals surface area contributed by atoms with Gasteiger partial charge in [0.2, 0.25) is 5.75 Å². The maximum absolute atomic E-state index is 12.2. The summed E-state index contributed by atoms with van der Waals surface area (Å²) in [5.41, 5.74) is -1.12. The molecule has 0 amide bonds. The van der Waals surface area contributed by atoms with E-state index in [1.165, 1.54) is 6.92 Å². The average molecular weight is 293 g/mol. The van der Waals surface area contributed by atoms with Crippen LogP contribution in [0.3, 0.4) is 0 Å². The minimum absolute atomic E-state index is 0.0609. The predicted molar refractivity (Wildman–Crippen MR) is 60.1 cm³/mol. The lowest BCUT2D eigenvalue weighted by atomic mass is 10.1. The minimum Gasteiger partial charge on any atom is -0.466 e. The highest BCUT2D eigenvalue weighted by Gasteiger charge is 2.35. The van der Waals surface area contributed by atoms with Crippen molar-refractivity contribution in [1.82, 2.24) is 0 Å². The van der Waals surface area contributed by atoms with E-state index in [4.69, 9.17) is 0 Å². The van der Waals surface area contributed by atoms with Gasteiger partial charge in [0.1, 0.15) is 0 Å². The van der Waals surface area contributed by atoms with Gasteiger partial charge >= 0.3 is 18.0 Å². The van der Waals surface area contributed by atoms with Crippen molar-refractivity contribution in [2.24, 2.45) is 0 Å². The molecular weight excluding hydrogens is 283 g/mol. The lowest BCUT2D eigenvalue weighted by molar-refractivity contribution is -0.389. The molecule has 1 aromatic carbocycles. The van der Waals surface area contributed by atoms with Gasteiger partial charge in [-0.1, -0.05) is 12.1 Å². The largest absolute Gasteiger partial charge is 0.573 e. The molecule has 0 heterocycles. The summed E-state index contributed by atoms with van der Waals surface area (Å²) < 4.78 is 44.7. The Morgan fingerprint density at radius 3 is 2.55 bits per heavy atom. The monoisotopic (exact) mass is 293 g/mol. The molecule has 0 bridgehead atoms. The van der Waals surface area contributed by atoms with Gasteiger partial charge in [-0.25, -0.2) is 0 Å². The fourth-order valence-electron chi connectivity index (χ4n) is 1.49. The molecule has 0 aliphatic rings. The third-order valence-electron chi connectivity index (χ3n) is 2.13. The van der Waals surface area contributed by atoms with Crippen molar-refractivity contribution in [3.8, 4) is 5.75 Å². The number of halogens is 3. The van der Waals surface area contributed by atoms with Crippen molar-refractivity contribution in [2.75, 3.05) is 6.61 Å². The van der Waals surface area contributed by atoms with E-state index >= 15 is 0 Å². The smallest absolute Gasteiger partial charge is 0.466 e. The number of rotatable bonds is 5. The molecule has 20 heavy (non-hydrogen) atoms. The number of alkyl halides is 3. The zero-order chi connectivity index (χ0) is 15.3. The Morgan fingerprint density at radius 2 is 2.05 bits per heavy atom. The average Bonchev–Trinajstić information content (AvgIpc) is 2.26. The van der Waals surface area contributed by atoms with Crippen LogP contribution >= 0.6 is 0 Å². The Labute approximate surface area is 111 Å². The Kier molecular flexibility index (Phi) is 4.89. The van der Waals surface area contributed by atoms with E-state index in [0.717, 1.165) is 18.2 Å². The molecule has 1 rings (SSSR count). The van der Waals surface area contributed by atoms with E-state index in [9.17, 15) is 28.1 Å². The Bertz CT molecular complexity index is 515. The van der Waals surface area contributed by atoms with Gasteiger partial charge in [0.05, 0.1) is 18.0 Å². The quantitative estimate of drug-likeness (QED) is 0.473. The highest BCUT2D eigenvalue weighted by molar-refractivity contribution is 5.75. The highest BCUT2D eigenvalue weighted by atomic mass is 19.4. The molecule has 1 aromatic rings. The second-order valence-corrected chi connectivity index (χ2v) is 3.55. The van der Waals surface area contributed by atoms with Crippen LogP contribution in [-0.2, 0) is 16.0 Å². The van der Waals surface area contributed by atoms with E-state index in [0.29, 0.717) is 0 Å². The van der Waals surface area contributed by atoms with Crippen LogP contribution in [0.5, 0.6) is 5.75 Å². The van der Waals surface area contributed by atoms with Gasteiger partial charge in [-0.15, -0.1) is 13.2 Å². The van der Waals surface area contributed by atoms with Crippen molar-refractivity contribution in [3.63, 3.8) is 0 Å². The molecule has 9 heteroatoms. The van der Waals surface area contributed by atoms with Crippen molar-refractivity contribution < 1.29 is 32.4 Å². The maximum Gasteiger partial charge on any atom is 0.573 e. The number of hydrogen-bond donors (Lipinski definition) is 0. The van der Waals surface area contributed by atoms with E-state index in [1.54, 1.807) is 0 Å².